The third kappa shape index (κ3) is 6.14. The second-order valence-corrected chi connectivity index (χ2v) is 9.83. The summed E-state index contributed by atoms with van der Waals surface area (Å²) < 4.78 is 5.13. The lowest BCUT2D eigenvalue weighted by molar-refractivity contribution is -0.149. The molecule has 0 spiro atoms. The van der Waals surface area contributed by atoms with Crippen LogP contribution in [0.3, 0.4) is 0 Å². The van der Waals surface area contributed by atoms with Crippen molar-refractivity contribution in [1.29, 1.82) is 0 Å². The molecular formula is C25H34N4O4S. The van der Waals surface area contributed by atoms with Gasteiger partial charge in [-0.15, -0.1) is 11.3 Å². The highest BCUT2D eigenvalue weighted by molar-refractivity contribution is 7.09. The number of ether oxygens (including phenoxy) is 1. The average Bonchev–Trinajstić information content (AvgIpc) is 3.28. The van der Waals surface area contributed by atoms with Crippen LogP contribution in [0.4, 0.5) is 10.5 Å². The van der Waals surface area contributed by atoms with Crippen LogP contribution in [0.25, 0.3) is 0 Å². The van der Waals surface area contributed by atoms with Gasteiger partial charge in [-0.25, -0.2) is 9.78 Å². The molecule has 2 aromatic rings. The predicted molar refractivity (Wildman–Crippen MR) is 133 cm³/mol. The maximum Gasteiger partial charge on any atom is 0.322 e. The molecule has 1 unspecified atom stereocenters. The van der Waals surface area contributed by atoms with Crippen molar-refractivity contribution in [2.75, 3.05) is 25.0 Å². The van der Waals surface area contributed by atoms with Gasteiger partial charge in [0, 0.05) is 30.2 Å². The minimum Gasteiger partial charge on any atom is -0.466 e. The van der Waals surface area contributed by atoms with Crippen molar-refractivity contribution >= 4 is 34.9 Å². The molecule has 0 bridgehead atoms. The van der Waals surface area contributed by atoms with Gasteiger partial charge in [0.05, 0.1) is 19.1 Å². The first-order valence-electron chi connectivity index (χ1n) is 11.7. The number of anilines is 1. The van der Waals surface area contributed by atoms with Crippen molar-refractivity contribution in [3.8, 4) is 0 Å². The number of likely N-dealkylation sites (tertiary alicyclic amines) is 1. The molecule has 1 saturated heterocycles. The lowest BCUT2D eigenvalue weighted by Gasteiger charge is -2.31. The number of thiazole rings is 1. The number of para-hydroxylation sites is 1. The molecule has 9 heteroatoms. The Labute approximate surface area is 205 Å². The number of urea groups is 1. The van der Waals surface area contributed by atoms with Gasteiger partial charge in [0.1, 0.15) is 10.7 Å². The molecule has 0 radical (unpaired) electrons. The van der Waals surface area contributed by atoms with Crippen LogP contribution < -0.4 is 5.32 Å². The summed E-state index contributed by atoms with van der Waals surface area (Å²) in [5.41, 5.74) is 3.17. The number of aryl methyl sites for hydroxylation is 2. The van der Waals surface area contributed by atoms with Crippen LogP contribution in [0.15, 0.2) is 23.6 Å². The zero-order chi connectivity index (χ0) is 24.8. The van der Waals surface area contributed by atoms with Crippen LogP contribution in [0.1, 0.15) is 60.2 Å². The van der Waals surface area contributed by atoms with Crippen LogP contribution >= 0.6 is 11.3 Å². The molecule has 1 aromatic carbocycles. The molecule has 3 rings (SSSR count). The number of amides is 3. The van der Waals surface area contributed by atoms with Crippen molar-refractivity contribution in [2.45, 2.75) is 60.0 Å². The molecule has 8 nitrogen and oxygen atoms in total. The van der Waals surface area contributed by atoms with E-state index in [1.807, 2.05) is 45.9 Å². The monoisotopic (exact) mass is 486 g/mol. The van der Waals surface area contributed by atoms with Crippen LogP contribution in [0, 0.1) is 19.8 Å². The zero-order valence-corrected chi connectivity index (χ0v) is 21.4. The van der Waals surface area contributed by atoms with Gasteiger partial charge in [-0.2, -0.15) is 0 Å². The zero-order valence-electron chi connectivity index (χ0n) is 20.6. The molecule has 1 aromatic heterocycles. The minimum absolute atomic E-state index is 0.0557. The Bertz CT molecular complexity index is 1020. The van der Waals surface area contributed by atoms with Crippen molar-refractivity contribution < 1.29 is 19.1 Å². The molecule has 1 aliphatic heterocycles. The smallest absolute Gasteiger partial charge is 0.322 e. The van der Waals surface area contributed by atoms with Crippen LogP contribution in [-0.2, 0) is 16.1 Å². The van der Waals surface area contributed by atoms with Crippen molar-refractivity contribution in [1.82, 2.24) is 14.8 Å². The summed E-state index contributed by atoms with van der Waals surface area (Å²) in [6, 6.07) is 5.64. The number of benzene rings is 1. The van der Waals surface area contributed by atoms with Gasteiger partial charge in [-0.1, -0.05) is 18.2 Å². The van der Waals surface area contributed by atoms with E-state index >= 15 is 0 Å². The number of esters is 1. The number of nitrogens with zero attached hydrogens (tertiary/aromatic N) is 3. The van der Waals surface area contributed by atoms with Crippen LogP contribution in [-0.4, -0.2) is 58.4 Å². The second-order valence-electron chi connectivity index (χ2n) is 8.89. The first-order valence-corrected chi connectivity index (χ1v) is 12.6. The van der Waals surface area contributed by atoms with E-state index in [1.54, 1.807) is 22.1 Å². The average molecular weight is 487 g/mol. The number of piperidine rings is 1. The molecule has 34 heavy (non-hydrogen) atoms. The predicted octanol–water partition coefficient (Wildman–Crippen LogP) is 4.62. The molecule has 0 aliphatic carbocycles. The van der Waals surface area contributed by atoms with Crippen LogP contribution in [0.5, 0.6) is 0 Å². The first kappa shape index (κ1) is 25.7. The maximum absolute atomic E-state index is 13.1. The van der Waals surface area contributed by atoms with Crippen LogP contribution in [0.2, 0.25) is 0 Å². The first-order chi connectivity index (χ1) is 16.2. The fraction of sp³-hybridized carbons (Fsp3) is 0.520. The lowest BCUT2D eigenvalue weighted by Crippen LogP contribution is -2.43. The van der Waals surface area contributed by atoms with Gasteiger partial charge in [0.15, 0.2) is 0 Å². The van der Waals surface area contributed by atoms with E-state index in [1.165, 1.54) is 11.3 Å². The summed E-state index contributed by atoms with van der Waals surface area (Å²) in [6.45, 7) is 11.2. The van der Waals surface area contributed by atoms with E-state index in [2.05, 4.69) is 10.3 Å². The molecule has 3 amide bonds. The molecule has 1 aliphatic rings. The van der Waals surface area contributed by atoms with E-state index in [4.69, 9.17) is 4.74 Å². The summed E-state index contributed by atoms with van der Waals surface area (Å²) >= 11 is 1.36. The number of rotatable bonds is 7. The highest BCUT2D eigenvalue weighted by Crippen LogP contribution is 2.23. The second kappa shape index (κ2) is 11.5. The molecule has 2 heterocycles. The third-order valence-electron chi connectivity index (χ3n) is 6.00. The standard InChI is InChI=1S/C25H34N4O4S/c1-6-33-24(31)19-11-8-12-28(13-19)23(30)20-15-34-21(26-20)14-29(16(2)3)25(32)27-22-17(4)9-7-10-18(22)5/h7,9-10,15-16,19H,6,8,11-14H2,1-5H3,(H,27,32). The fourth-order valence-electron chi connectivity index (χ4n) is 4.08. The Hall–Kier alpha value is -2.94. The lowest BCUT2D eigenvalue weighted by atomic mass is 9.98. The van der Waals surface area contributed by atoms with E-state index in [9.17, 15) is 14.4 Å². The minimum atomic E-state index is -0.291. The Morgan fingerprint density at radius 3 is 2.62 bits per heavy atom. The van der Waals surface area contributed by atoms with Gasteiger partial charge >= 0.3 is 12.0 Å². The Balaban J connectivity index is 1.67. The van der Waals surface area contributed by atoms with Crippen molar-refractivity contribution in [3.63, 3.8) is 0 Å². The molecular weight excluding hydrogens is 452 g/mol. The highest BCUT2D eigenvalue weighted by atomic mass is 32.1. The van der Waals surface area contributed by atoms with Gasteiger partial charge in [0.2, 0.25) is 0 Å². The Morgan fingerprint density at radius 2 is 1.97 bits per heavy atom. The molecule has 1 N–H and O–H groups in total. The maximum atomic E-state index is 13.1. The van der Waals surface area contributed by atoms with Gasteiger partial charge in [-0.3, -0.25) is 9.59 Å². The van der Waals surface area contributed by atoms with Gasteiger partial charge in [0.25, 0.3) is 5.91 Å². The quantitative estimate of drug-likeness (QED) is 0.577. The highest BCUT2D eigenvalue weighted by Gasteiger charge is 2.31. The summed E-state index contributed by atoms with van der Waals surface area (Å²) in [5.74, 6) is -0.727. The summed E-state index contributed by atoms with van der Waals surface area (Å²) in [6.07, 6.45) is 1.48. The number of nitrogens with one attached hydrogen (secondary N) is 1. The SMILES string of the molecule is CCOC(=O)C1CCCN(C(=O)c2csc(CN(C(=O)Nc3c(C)cccc3C)C(C)C)n2)C1. The Morgan fingerprint density at radius 1 is 1.26 bits per heavy atom. The largest absolute Gasteiger partial charge is 0.466 e. The molecule has 1 atom stereocenters. The van der Waals surface area contributed by atoms with E-state index < -0.39 is 0 Å². The van der Waals surface area contributed by atoms with Gasteiger partial charge in [-0.05, 0) is 58.6 Å². The molecule has 184 valence electrons. The number of hydrogen-bond donors (Lipinski definition) is 1. The third-order valence-corrected chi connectivity index (χ3v) is 6.84. The fourth-order valence-corrected chi connectivity index (χ4v) is 4.85. The molecule has 1 fully saturated rings. The summed E-state index contributed by atoms with van der Waals surface area (Å²) in [4.78, 5) is 46.1. The van der Waals surface area contributed by atoms with E-state index in [0.717, 1.165) is 29.7 Å². The van der Waals surface area contributed by atoms with Crippen molar-refractivity contribution in [2.24, 2.45) is 5.92 Å². The van der Waals surface area contributed by atoms with E-state index in [0.29, 0.717) is 36.9 Å². The summed E-state index contributed by atoms with van der Waals surface area (Å²) in [5, 5.41) is 5.45. The number of hydrogen-bond acceptors (Lipinski definition) is 6. The summed E-state index contributed by atoms with van der Waals surface area (Å²) in [7, 11) is 0. The Kier molecular flexibility index (Phi) is 8.66. The topological polar surface area (TPSA) is 91.8 Å². The molecule has 0 saturated carbocycles. The normalized spacial score (nSPS) is 15.8. The number of carbonyl (C=O) groups is 3. The van der Waals surface area contributed by atoms with E-state index in [-0.39, 0.29) is 29.9 Å². The van der Waals surface area contributed by atoms with Crippen molar-refractivity contribution in [3.05, 3.63) is 45.4 Å². The van der Waals surface area contributed by atoms with Gasteiger partial charge < -0.3 is 19.9 Å². The number of carbonyl (C=O) groups excluding carboxylic acids is 3. The number of aromatic nitrogens is 1.